The lowest BCUT2D eigenvalue weighted by Gasteiger charge is -2.14. The molecule has 0 amide bonds. The molecule has 0 aromatic heterocycles. The van der Waals surface area contributed by atoms with Crippen molar-refractivity contribution < 1.29 is 14.7 Å². The highest BCUT2D eigenvalue weighted by molar-refractivity contribution is 6.31. The van der Waals surface area contributed by atoms with Crippen molar-refractivity contribution in [3.05, 3.63) is 41.0 Å². The van der Waals surface area contributed by atoms with E-state index in [2.05, 4.69) is 0 Å². The Morgan fingerprint density at radius 1 is 1.53 bits per heavy atom. The van der Waals surface area contributed by atoms with Crippen LogP contribution in [-0.4, -0.2) is 16.9 Å². The van der Waals surface area contributed by atoms with Gasteiger partial charge in [-0.25, -0.2) is 4.79 Å². The largest absolute Gasteiger partial charge is 0.478 e. The Labute approximate surface area is 115 Å². The Bertz CT molecular complexity index is 573. The normalized spacial score (nSPS) is 12.1. The van der Waals surface area contributed by atoms with Gasteiger partial charge in [0.05, 0.1) is 12.5 Å². The van der Waals surface area contributed by atoms with Gasteiger partial charge in [-0.3, -0.25) is 4.79 Å². The lowest BCUT2D eigenvalue weighted by molar-refractivity contribution is -0.131. The summed E-state index contributed by atoms with van der Waals surface area (Å²) in [7, 11) is 0. The Hall–Kier alpha value is -2.12. The van der Waals surface area contributed by atoms with Gasteiger partial charge < -0.3 is 5.11 Å². The summed E-state index contributed by atoms with van der Waals surface area (Å²) in [5.74, 6) is -1.34. The molecule has 0 fully saturated rings. The maximum atomic E-state index is 11.4. The predicted molar refractivity (Wildman–Crippen MR) is 71.7 cm³/mol. The number of carboxylic acid groups (broad SMARTS) is 1. The zero-order valence-corrected chi connectivity index (χ0v) is 11.0. The van der Waals surface area contributed by atoms with E-state index >= 15 is 0 Å². The second kappa shape index (κ2) is 6.72. The van der Waals surface area contributed by atoms with Gasteiger partial charge in [-0.05, 0) is 29.7 Å². The molecular formula is C14H12ClNO3. The number of halogens is 1. The molecule has 0 heterocycles. The first-order valence-corrected chi connectivity index (χ1v) is 5.95. The second-order valence-electron chi connectivity index (χ2n) is 3.90. The van der Waals surface area contributed by atoms with Crippen molar-refractivity contribution in [2.45, 2.75) is 18.7 Å². The number of nitriles is 1. The van der Waals surface area contributed by atoms with Gasteiger partial charge in [0.15, 0.2) is 5.78 Å². The molecule has 0 aliphatic carbocycles. The predicted octanol–water partition coefficient (Wildman–Crippen LogP) is 2.72. The molecule has 4 nitrogen and oxygen atoms in total. The zero-order valence-electron chi connectivity index (χ0n) is 10.3. The van der Waals surface area contributed by atoms with Crippen molar-refractivity contribution in [2.24, 2.45) is 0 Å². The highest BCUT2D eigenvalue weighted by Gasteiger charge is 2.19. The van der Waals surface area contributed by atoms with E-state index in [9.17, 15) is 9.59 Å². The van der Waals surface area contributed by atoms with E-state index < -0.39 is 11.3 Å². The standard InChI is InChI=1S/C14H12ClNO3/c1-9(17)14(15)13-10(5-6-12(18)19)3-2-4-11(13)7-8-16/h2-6,14H,7H2,1H3,(H,18,19)/b6-5+. The lowest BCUT2D eigenvalue weighted by atomic mass is 9.94. The van der Waals surface area contributed by atoms with Crippen molar-refractivity contribution in [2.75, 3.05) is 0 Å². The molecule has 1 unspecified atom stereocenters. The van der Waals surface area contributed by atoms with Crippen molar-refractivity contribution in [1.29, 1.82) is 5.26 Å². The smallest absolute Gasteiger partial charge is 0.328 e. The molecule has 98 valence electrons. The van der Waals surface area contributed by atoms with Crippen LogP contribution in [0.25, 0.3) is 6.08 Å². The van der Waals surface area contributed by atoms with Crippen molar-refractivity contribution >= 4 is 29.4 Å². The third kappa shape index (κ3) is 3.94. The molecule has 19 heavy (non-hydrogen) atoms. The molecule has 1 rings (SSSR count). The fourth-order valence-electron chi connectivity index (χ4n) is 1.69. The number of carbonyl (C=O) groups excluding carboxylic acids is 1. The number of aliphatic carboxylic acids is 1. The van der Waals surface area contributed by atoms with E-state index in [1.54, 1.807) is 18.2 Å². The average molecular weight is 278 g/mol. The summed E-state index contributed by atoms with van der Waals surface area (Å²) >= 11 is 6.06. The highest BCUT2D eigenvalue weighted by atomic mass is 35.5. The van der Waals surface area contributed by atoms with Crippen LogP contribution >= 0.6 is 11.6 Å². The molecule has 1 N–H and O–H groups in total. The van der Waals surface area contributed by atoms with Gasteiger partial charge in [-0.2, -0.15) is 5.26 Å². The summed E-state index contributed by atoms with van der Waals surface area (Å²) < 4.78 is 0. The summed E-state index contributed by atoms with van der Waals surface area (Å²) in [5.41, 5.74) is 1.66. The fourth-order valence-corrected chi connectivity index (χ4v) is 1.96. The molecular weight excluding hydrogens is 266 g/mol. The zero-order chi connectivity index (χ0) is 14.4. The minimum Gasteiger partial charge on any atom is -0.478 e. The number of nitrogens with zero attached hydrogens (tertiary/aromatic N) is 1. The van der Waals surface area contributed by atoms with Gasteiger partial charge in [-0.15, -0.1) is 11.6 Å². The van der Waals surface area contributed by atoms with Gasteiger partial charge in [0.2, 0.25) is 0 Å². The van der Waals surface area contributed by atoms with Crippen LogP contribution in [0.4, 0.5) is 0 Å². The summed E-state index contributed by atoms with van der Waals surface area (Å²) in [6.07, 6.45) is 2.45. The average Bonchev–Trinajstić information content (AvgIpc) is 2.36. The molecule has 0 radical (unpaired) electrons. The molecule has 0 aliphatic rings. The quantitative estimate of drug-likeness (QED) is 0.663. The molecule has 1 aromatic rings. The van der Waals surface area contributed by atoms with Gasteiger partial charge in [-0.1, -0.05) is 18.2 Å². The number of benzene rings is 1. The number of ketones is 1. The van der Waals surface area contributed by atoms with Crippen LogP contribution in [0.5, 0.6) is 0 Å². The number of Topliss-reactive ketones (excluding diaryl/α,β-unsaturated/α-hetero) is 1. The Morgan fingerprint density at radius 3 is 2.74 bits per heavy atom. The van der Waals surface area contributed by atoms with Gasteiger partial charge in [0.25, 0.3) is 0 Å². The van der Waals surface area contributed by atoms with Crippen molar-refractivity contribution in [3.8, 4) is 6.07 Å². The third-order valence-corrected chi connectivity index (χ3v) is 3.04. The van der Waals surface area contributed by atoms with Crippen LogP contribution in [0.2, 0.25) is 0 Å². The summed E-state index contributed by atoms with van der Waals surface area (Å²) in [5, 5.41) is 16.5. The molecule has 0 aliphatic heterocycles. The van der Waals surface area contributed by atoms with Crippen molar-refractivity contribution in [1.82, 2.24) is 0 Å². The molecule has 5 heteroatoms. The maximum Gasteiger partial charge on any atom is 0.328 e. The van der Waals surface area contributed by atoms with E-state index in [4.69, 9.17) is 22.0 Å². The first-order valence-electron chi connectivity index (χ1n) is 5.51. The van der Waals surface area contributed by atoms with E-state index in [0.29, 0.717) is 16.7 Å². The molecule has 0 saturated heterocycles. The van der Waals surface area contributed by atoms with Crippen LogP contribution in [0.15, 0.2) is 24.3 Å². The third-order valence-electron chi connectivity index (χ3n) is 2.52. The number of alkyl halides is 1. The summed E-state index contributed by atoms with van der Waals surface area (Å²) in [6.45, 7) is 1.35. The van der Waals surface area contributed by atoms with Crippen LogP contribution < -0.4 is 0 Å². The monoisotopic (exact) mass is 277 g/mol. The van der Waals surface area contributed by atoms with Gasteiger partial charge >= 0.3 is 5.97 Å². The number of carboxylic acids is 1. The molecule has 0 spiro atoms. The molecule has 1 aromatic carbocycles. The number of hydrogen-bond donors (Lipinski definition) is 1. The minimum absolute atomic E-state index is 0.112. The van der Waals surface area contributed by atoms with E-state index in [1.807, 2.05) is 6.07 Å². The van der Waals surface area contributed by atoms with Crippen molar-refractivity contribution in [3.63, 3.8) is 0 Å². The molecule has 0 bridgehead atoms. The highest BCUT2D eigenvalue weighted by Crippen LogP contribution is 2.30. The van der Waals surface area contributed by atoms with Gasteiger partial charge in [0, 0.05) is 6.08 Å². The summed E-state index contributed by atoms with van der Waals surface area (Å²) in [6, 6.07) is 7.06. The first-order chi connectivity index (χ1) is 8.97. The van der Waals surface area contributed by atoms with Gasteiger partial charge in [0.1, 0.15) is 5.38 Å². The number of hydrogen-bond acceptors (Lipinski definition) is 3. The lowest BCUT2D eigenvalue weighted by Crippen LogP contribution is -2.07. The van der Waals surface area contributed by atoms with Crippen LogP contribution in [-0.2, 0) is 16.0 Å². The molecule has 0 saturated carbocycles. The maximum absolute atomic E-state index is 11.4. The number of carbonyl (C=O) groups is 2. The minimum atomic E-state index is -1.09. The van der Waals surface area contributed by atoms with E-state index in [-0.39, 0.29) is 12.2 Å². The van der Waals surface area contributed by atoms with Crippen LogP contribution in [0, 0.1) is 11.3 Å². The Kier molecular flexibility index (Phi) is 5.28. The fraction of sp³-hybridized carbons (Fsp3) is 0.214. The number of rotatable bonds is 5. The first kappa shape index (κ1) is 14.9. The van der Waals surface area contributed by atoms with Crippen LogP contribution in [0.1, 0.15) is 29.0 Å². The molecule has 1 atom stereocenters. The topological polar surface area (TPSA) is 78.2 Å². The van der Waals surface area contributed by atoms with E-state index in [0.717, 1.165) is 6.08 Å². The van der Waals surface area contributed by atoms with Crippen LogP contribution in [0.3, 0.4) is 0 Å². The Morgan fingerprint density at radius 2 is 2.21 bits per heavy atom. The summed E-state index contributed by atoms with van der Waals surface area (Å²) in [4.78, 5) is 22.0. The Balaban J connectivity index is 3.38. The van der Waals surface area contributed by atoms with E-state index in [1.165, 1.54) is 13.0 Å². The SMILES string of the molecule is CC(=O)C(Cl)c1c(/C=C/C(=O)O)cccc1CC#N. The second-order valence-corrected chi connectivity index (χ2v) is 4.34.